The summed E-state index contributed by atoms with van der Waals surface area (Å²) in [7, 11) is -0.0267. The second kappa shape index (κ2) is 10.2. The molecule has 0 bridgehead atoms. The zero-order valence-corrected chi connectivity index (χ0v) is 18.3. The Labute approximate surface area is 166 Å². The number of hydrogen-bond acceptors (Lipinski definition) is 0. The van der Waals surface area contributed by atoms with Crippen molar-refractivity contribution in [1.82, 2.24) is 0 Å². The highest BCUT2D eigenvalue weighted by Gasteiger charge is 2.31. The normalized spacial score (nSPS) is 25.2. The molecule has 1 heterocycles. The molecule has 1 aromatic rings. The lowest BCUT2D eigenvalue weighted by atomic mass is 9.73. The second-order valence-electron chi connectivity index (χ2n) is 9.59. The fraction of sp³-hybridized carbons (Fsp3) is 0.750. The molecule has 3 heteroatoms. The van der Waals surface area contributed by atoms with Crippen molar-refractivity contribution in [3.63, 3.8) is 0 Å². The highest BCUT2D eigenvalue weighted by molar-refractivity contribution is 6.58. The second-order valence-corrected chi connectivity index (χ2v) is 12.6. The quantitative estimate of drug-likeness (QED) is 0.419. The first-order valence-electron chi connectivity index (χ1n) is 11.3. The summed E-state index contributed by atoms with van der Waals surface area (Å²) in [6.07, 6.45) is 12.0. The summed E-state index contributed by atoms with van der Waals surface area (Å²) >= 11 is 0. The van der Waals surface area contributed by atoms with Crippen molar-refractivity contribution in [2.45, 2.75) is 89.8 Å². The average Bonchev–Trinajstić information content (AvgIpc) is 2.68. The fourth-order valence-electron chi connectivity index (χ4n) is 5.28. The lowest BCUT2D eigenvalue weighted by molar-refractivity contribution is 0.186. The maximum atomic E-state index is 13.3. The van der Waals surface area contributed by atoms with Crippen LogP contribution in [0.5, 0.6) is 0 Å². The van der Waals surface area contributed by atoms with Gasteiger partial charge in [0.05, 0.1) is 0 Å². The van der Waals surface area contributed by atoms with E-state index in [1.807, 2.05) is 0 Å². The summed E-state index contributed by atoms with van der Waals surface area (Å²) < 4.78 is 26.4. The molecule has 0 N–H and O–H groups in total. The van der Waals surface area contributed by atoms with Crippen molar-refractivity contribution < 1.29 is 8.78 Å². The number of aryl methyl sites for hydroxylation is 1. The molecule has 27 heavy (non-hydrogen) atoms. The van der Waals surface area contributed by atoms with Gasteiger partial charge in [0.2, 0.25) is 0 Å². The first-order chi connectivity index (χ1) is 13.0. The van der Waals surface area contributed by atoms with E-state index in [2.05, 4.69) is 13.8 Å². The third kappa shape index (κ3) is 6.41. The van der Waals surface area contributed by atoms with E-state index in [-0.39, 0.29) is 8.80 Å². The van der Waals surface area contributed by atoms with E-state index in [0.29, 0.717) is 0 Å². The molecule has 2 fully saturated rings. The van der Waals surface area contributed by atoms with Crippen LogP contribution in [-0.4, -0.2) is 8.80 Å². The molecule has 1 radical (unpaired) electrons. The molecular formula is C24H37F2Si. The monoisotopic (exact) mass is 391 g/mol. The average molecular weight is 392 g/mol. The lowest BCUT2D eigenvalue weighted by Gasteiger charge is -2.37. The summed E-state index contributed by atoms with van der Waals surface area (Å²) in [5.74, 6) is 2.19. The van der Waals surface area contributed by atoms with E-state index in [9.17, 15) is 8.78 Å². The Bertz CT molecular complexity index is 570. The van der Waals surface area contributed by atoms with Gasteiger partial charge in [-0.3, -0.25) is 0 Å². The van der Waals surface area contributed by atoms with Gasteiger partial charge in [-0.05, 0) is 67.1 Å². The molecule has 0 spiro atoms. The summed E-state index contributed by atoms with van der Waals surface area (Å²) in [6, 6.07) is 9.07. The minimum Gasteiger partial charge on any atom is -0.204 e. The van der Waals surface area contributed by atoms with Gasteiger partial charge in [-0.1, -0.05) is 70.2 Å². The molecule has 1 saturated carbocycles. The lowest BCUT2D eigenvalue weighted by Crippen LogP contribution is -2.28. The summed E-state index contributed by atoms with van der Waals surface area (Å²) in [4.78, 5) is 0. The Morgan fingerprint density at radius 2 is 1.59 bits per heavy atom. The van der Waals surface area contributed by atoms with Gasteiger partial charge in [-0.25, -0.2) is 8.78 Å². The molecule has 3 rings (SSSR count). The van der Waals surface area contributed by atoms with Crippen LogP contribution in [0.4, 0.5) is 8.78 Å². The van der Waals surface area contributed by atoms with Gasteiger partial charge >= 0.3 is 0 Å². The van der Waals surface area contributed by atoms with Crippen LogP contribution in [0.1, 0.15) is 70.8 Å². The van der Waals surface area contributed by atoms with E-state index in [1.54, 1.807) is 24.2 Å². The van der Waals surface area contributed by atoms with Crippen LogP contribution in [0, 0.1) is 35.3 Å². The number of halogens is 2. The molecule has 1 saturated heterocycles. The Morgan fingerprint density at radius 1 is 0.926 bits per heavy atom. The fourth-order valence-corrected chi connectivity index (χ4v) is 8.57. The number of hydrogen-bond donors (Lipinski definition) is 0. The van der Waals surface area contributed by atoms with Crippen LogP contribution in [-0.2, 0) is 6.42 Å². The molecular weight excluding hydrogens is 354 g/mol. The van der Waals surface area contributed by atoms with Crippen LogP contribution in [0.3, 0.4) is 0 Å². The third-order valence-electron chi connectivity index (χ3n) is 7.20. The predicted octanol–water partition coefficient (Wildman–Crippen LogP) is 7.65. The summed E-state index contributed by atoms with van der Waals surface area (Å²) in [5, 5.41) is 0. The van der Waals surface area contributed by atoms with E-state index < -0.39 is 11.6 Å². The topological polar surface area (TPSA) is 0 Å². The van der Waals surface area contributed by atoms with Crippen molar-refractivity contribution in [1.29, 1.82) is 0 Å². The molecule has 2 aliphatic rings. The Kier molecular flexibility index (Phi) is 7.93. The molecule has 151 valence electrons. The van der Waals surface area contributed by atoms with Gasteiger partial charge < -0.3 is 0 Å². The van der Waals surface area contributed by atoms with Crippen molar-refractivity contribution in [3.05, 3.63) is 35.4 Å². The summed E-state index contributed by atoms with van der Waals surface area (Å²) in [6.45, 7) is 4.72. The highest BCUT2D eigenvalue weighted by Crippen LogP contribution is 2.42. The van der Waals surface area contributed by atoms with Crippen molar-refractivity contribution in [2.75, 3.05) is 0 Å². The maximum Gasteiger partial charge on any atom is 0.159 e. The van der Waals surface area contributed by atoms with E-state index in [1.165, 1.54) is 57.1 Å². The van der Waals surface area contributed by atoms with Crippen LogP contribution in [0.2, 0.25) is 18.1 Å². The zero-order chi connectivity index (χ0) is 19.2. The van der Waals surface area contributed by atoms with Gasteiger partial charge in [0.25, 0.3) is 0 Å². The third-order valence-corrected chi connectivity index (χ3v) is 10.2. The minimum atomic E-state index is -0.736. The number of benzene rings is 1. The molecule has 0 nitrogen and oxygen atoms in total. The van der Waals surface area contributed by atoms with Gasteiger partial charge in [0, 0.05) is 8.80 Å². The molecule has 0 amide bonds. The Hall–Kier alpha value is -0.703. The van der Waals surface area contributed by atoms with E-state index in [4.69, 9.17) is 0 Å². The van der Waals surface area contributed by atoms with Crippen molar-refractivity contribution in [2.24, 2.45) is 23.7 Å². The van der Waals surface area contributed by atoms with E-state index in [0.717, 1.165) is 42.1 Å². The molecule has 1 aromatic carbocycles. The molecule has 1 aliphatic carbocycles. The minimum absolute atomic E-state index is 0.0267. The van der Waals surface area contributed by atoms with Gasteiger partial charge in [-0.2, -0.15) is 0 Å². The Morgan fingerprint density at radius 3 is 2.22 bits per heavy atom. The van der Waals surface area contributed by atoms with Crippen LogP contribution >= 0.6 is 0 Å². The Balaban J connectivity index is 1.35. The first-order valence-corrected chi connectivity index (χ1v) is 13.4. The highest BCUT2D eigenvalue weighted by atomic mass is 28.3. The largest absolute Gasteiger partial charge is 0.204 e. The maximum absolute atomic E-state index is 13.3. The first kappa shape index (κ1) is 21.0. The van der Waals surface area contributed by atoms with Gasteiger partial charge in [0.15, 0.2) is 11.6 Å². The molecule has 0 aromatic heterocycles. The molecule has 1 aliphatic heterocycles. The SMILES string of the molecule is CC(C)CC[Si]1CCC(C2CCC(CCc3ccc(F)c(F)c3)CC2)CC1. The van der Waals surface area contributed by atoms with Gasteiger partial charge in [-0.15, -0.1) is 0 Å². The number of rotatable bonds is 7. The van der Waals surface area contributed by atoms with Crippen molar-refractivity contribution in [3.8, 4) is 0 Å². The summed E-state index contributed by atoms with van der Waals surface area (Å²) in [5.41, 5.74) is 0.944. The smallest absolute Gasteiger partial charge is 0.159 e. The van der Waals surface area contributed by atoms with Crippen LogP contribution in [0.15, 0.2) is 18.2 Å². The van der Waals surface area contributed by atoms with E-state index >= 15 is 0 Å². The predicted molar refractivity (Wildman–Crippen MR) is 112 cm³/mol. The zero-order valence-electron chi connectivity index (χ0n) is 17.3. The van der Waals surface area contributed by atoms with Gasteiger partial charge in [0.1, 0.15) is 0 Å². The van der Waals surface area contributed by atoms with Crippen LogP contribution < -0.4 is 0 Å². The standard InChI is InChI=1S/C24H37F2Si/c1-18(2)11-14-27-15-12-22(13-16-27)21-8-5-19(6-9-21)3-4-20-7-10-23(25)24(26)17-20/h7,10,17-19,21-22H,3-6,8-9,11-16H2,1-2H3. The molecule has 0 atom stereocenters. The molecule has 0 unspecified atom stereocenters. The van der Waals surface area contributed by atoms with Crippen molar-refractivity contribution >= 4 is 8.80 Å². The van der Waals surface area contributed by atoms with Crippen LogP contribution in [0.25, 0.3) is 0 Å².